The van der Waals surface area contributed by atoms with Crippen molar-refractivity contribution < 1.29 is 14.6 Å². The number of nitrogens with zero attached hydrogens (tertiary/aromatic N) is 3. The maximum atomic E-state index is 13.5. The molecule has 6 rings (SSSR count). The summed E-state index contributed by atoms with van der Waals surface area (Å²) in [7, 11) is 0. The van der Waals surface area contributed by atoms with E-state index < -0.39 is 5.69 Å². The van der Waals surface area contributed by atoms with Crippen molar-refractivity contribution >= 4 is 71.1 Å². The van der Waals surface area contributed by atoms with Crippen molar-refractivity contribution in [3.63, 3.8) is 0 Å². The van der Waals surface area contributed by atoms with Gasteiger partial charge in [-0.1, -0.05) is 25.6 Å². The van der Waals surface area contributed by atoms with E-state index in [1.165, 1.54) is 11.3 Å². The molecule has 3 aromatic heterocycles. The highest BCUT2D eigenvalue weighted by molar-refractivity contribution is 7.59. The summed E-state index contributed by atoms with van der Waals surface area (Å²) in [6.07, 6.45) is 6.87. The fraction of sp³-hybridized carbons (Fsp3) is 0.333. The van der Waals surface area contributed by atoms with Crippen LogP contribution in [-0.2, 0) is 4.79 Å². The molecule has 1 aliphatic carbocycles. The molecule has 0 saturated heterocycles. The zero-order valence-corrected chi connectivity index (χ0v) is 26.4. The molecule has 1 fully saturated rings. The Kier molecular flexibility index (Phi) is 11.5. The Labute approximate surface area is 269 Å². The molecule has 0 spiro atoms. The fourth-order valence-corrected chi connectivity index (χ4v) is 7.00. The lowest BCUT2D eigenvalue weighted by Gasteiger charge is -2.27. The number of aryl methyl sites for hydroxylation is 1. The number of ether oxygens (including phenoxy) is 1. The van der Waals surface area contributed by atoms with E-state index in [0.717, 1.165) is 52.9 Å². The Morgan fingerprint density at radius 1 is 1.00 bits per heavy atom. The van der Waals surface area contributed by atoms with Gasteiger partial charge in [0, 0.05) is 19.0 Å². The van der Waals surface area contributed by atoms with E-state index in [-0.39, 0.29) is 46.0 Å². The third kappa shape index (κ3) is 7.08. The number of hydrogen-bond donors (Lipinski definition) is 1. The van der Waals surface area contributed by atoms with E-state index in [2.05, 4.69) is 9.97 Å². The molecule has 1 N–H and O–H groups in total. The van der Waals surface area contributed by atoms with Gasteiger partial charge in [-0.05, 0) is 93.3 Å². The van der Waals surface area contributed by atoms with Crippen molar-refractivity contribution in [2.45, 2.75) is 59.8 Å². The lowest BCUT2D eigenvalue weighted by Crippen LogP contribution is -2.24. The van der Waals surface area contributed by atoms with Gasteiger partial charge in [0.05, 0.1) is 21.1 Å². The number of para-hydroxylation sites is 1. The SMILES string of the molecule is C.CC(=O)CC1CCC(CC(O)=c2sc3nccc4c3c2nc(=O)n4-c2ccc(Oc3ccccc3)cc2C)CC1.S.S. The summed E-state index contributed by atoms with van der Waals surface area (Å²) in [5, 5.41) is 12.0. The molecule has 7 nitrogen and oxygen atoms in total. The number of thiophene rings is 1. The van der Waals surface area contributed by atoms with Gasteiger partial charge in [0.1, 0.15) is 33.4 Å². The average molecular weight is 638 g/mol. The number of rotatable bonds is 7. The second-order valence-electron chi connectivity index (χ2n) is 10.8. The summed E-state index contributed by atoms with van der Waals surface area (Å²) in [5.41, 5.74) is 2.40. The van der Waals surface area contributed by atoms with E-state index in [1.54, 1.807) is 17.7 Å². The Morgan fingerprint density at radius 3 is 2.33 bits per heavy atom. The molecule has 0 unspecified atom stereocenters. The molecular formula is C33H39N3O4S3. The summed E-state index contributed by atoms with van der Waals surface area (Å²) in [4.78, 5) is 34.8. The van der Waals surface area contributed by atoms with E-state index in [4.69, 9.17) is 4.74 Å². The van der Waals surface area contributed by atoms with Gasteiger partial charge in [-0.2, -0.15) is 32.0 Å². The standard InChI is InChI=1S/C32H31N3O4S.CH4.2H2S/c1-19-16-24(39-23-6-4-3-5-7-23)12-13-25(19)35-26-14-15-33-31-28(26)29(34-32(35)38)30(40-31)27(37)18-22-10-8-21(9-11-22)17-20(2)36;;;/h3-7,12-16,21-22,37H,8-11,17-18H2,1-2H3;1H4;2*1H2. The zero-order valence-electron chi connectivity index (χ0n) is 23.6. The van der Waals surface area contributed by atoms with Crippen molar-refractivity contribution in [1.82, 2.24) is 14.5 Å². The van der Waals surface area contributed by atoms with Crippen molar-refractivity contribution in [3.05, 3.63) is 81.4 Å². The number of aliphatic hydroxyl groups is 1. The Hall–Kier alpha value is -3.34. The van der Waals surface area contributed by atoms with Crippen molar-refractivity contribution in [2.75, 3.05) is 0 Å². The number of carbonyl (C=O) groups is 1. The molecule has 43 heavy (non-hydrogen) atoms. The summed E-state index contributed by atoms with van der Waals surface area (Å²) in [6.45, 7) is 3.60. The van der Waals surface area contributed by atoms with Crippen LogP contribution >= 0.6 is 38.3 Å². The first-order valence-electron chi connectivity index (χ1n) is 13.7. The van der Waals surface area contributed by atoms with Gasteiger partial charge in [-0.3, -0.25) is 4.57 Å². The minimum Gasteiger partial charge on any atom is -0.511 e. The second kappa shape index (κ2) is 14.4. The summed E-state index contributed by atoms with van der Waals surface area (Å²) in [5.74, 6) is 2.74. The first-order chi connectivity index (χ1) is 19.4. The van der Waals surface area contributed by atoms with E-state index >= 15 is 0 Å². The number of benzene rings is 2. The minimum absolute atomic E-state index is 0. The molecule has 2 aromatic carbocycles. The van der Waals surface area contributed by atoms with Gasteiger partial charge >= 0.3 is 5.69 Å². The Bertz CT molecular complexity index is 1830. The first-order valence-corrected chi connectivity index (χ1v) is 14.5. The van der Waals surface area contributed by atoms with Crippen LogP contribution in [0, 0.1) is 18.8 Å². The van der Waals surface area contributed by atoms with Crippen LogP contribution in [0.15, 0.2) is 65.6 Å². The smallest absolute Gasteiger partial charge is 0.353 e. The maximum absolute atomic E-state index is 13.5. The highest BCUT2D eigenvalue weighted by Gasteiger charge is 2.24. The fourth-order valence-electron chi connectivity index (χ4n) is 5.94. The number of aromatic nitrogens is 3. The number of ketones is 1. The van der Waals surface area contributed by atoms with Crippen LogP contribution < -0.4 is 15.0 Å². The summed E-state index contributed by atoms with van der Waals surface area (Å²) >= 11 is 1.38. The van der Waals surface area contributed by atoms with Crippen LogP contribution in [0.5, 0.6) is 11.5 Å². The third-order valence-corrected chi connectivity index (χ3v) is 9.00. The second-order valence-corrected chi connectivity index (χ2v) is 11.8. The first kappa shape index (κ1) is 34.2. The van der Waals surface area contributed by atoms with Crippen LogP contribution in [0.25, 0.3) is 32.7 Å². The van der Waals surface area contributed by atoms with Crippen molar-refractivity contribution in [1.29, 1.82) is 0 Å². The average Bonchev–Trinajstić information content (AvgIpc) is 3.30. The predicted octanol–water partition coefficient (Wildman–Crippen LogP) is 7.52. The van der Waals surface area contributed by atoms with E-state index in [0.29, 0.717) is 46.0 Å². The topological polar surface area (TPSA) is 94.3 Å². The molecule has 1 saturated carbocycles. The summed E-state index contributed by atoms with van der Waals surface area (Å²) in [6, 6.07) is 17.0. The molecule has 0 bridgehead atoms. The Morgan fingerprint density at radius 2 is 1.67 bits per heavy atom. The molecule has 0 radical (unpaired) electrons. The Balaban J connectivity index is 0.00000169. The lowest BCUT2D eigenvalue weighted by molar-refractivity contribution is -0.118. The molecule has 0 aliphatic heterocycles. The van der Waals surface area contributed by atoms with Crippen LogP contribution in [-0.4, -0.2) is 25.4 Å². The number of aliphatic hydroxyl groups excluding tert-OH is 1. The third-order valence-electron chi connectivity index (χ3n) is 7.86. The van der Waals surface area contributed by atoms with E-state index in [9.17, 15) is 14.7 Å². The number of pyridine rings is 1. The molecule has 1 aliphatic rings. The van der Waals surface area contributed by atoms with Crippen LogP contribution in [0.4, 0.5) is 0 Å². The quantitative estimate of drug-likeness (QED) is 0.198. The highest BCUT2D eigenvalue weighted by Crippen LogP contribution is 2.35. The molecular weight excluding hydrogens is 599 g/mol. The lowest BCUT2D eigenvalue weighted by atomic mass is 9.78. The van der Waals surface area contributed by atoms with Crippen molar-refractivity contribution in [2.24, 2.45) is 11.8 Å². The number of carbonyl (C=O) groups excluding carboxylic acids is 1. The largest absolute Gasteiger partial charge is 0.511 e. The normalized spacial score (nSPS) is 17.0. The summed E-state index contributed by atoms with van der Waals surface area (Å²) < 4.78 is 8.21. The molecule has 5 aromatic rings. The van der Waals surface area contributed by atoms with Crippen LogP contribution in [0.1, 0.15) is 58.4 Å². The van der Waals surface area contributed by atoms with Gasteiger partial charge in [-0.25, -0.2) is 9.78 Å². The van der Waals surface area contributed by atoms with Gasteiger partial charge in [0.15, 0.2) is 0 Å². The predicted molar refractivity (Wildman–Crippen MR) is 186 cm³/mol. The van der Waals surface area contributed by atoms with Gasteiger partial charge < -0.3 is 14.6 Å². The van der Waals surface area contributed by atoms with Crippen molar-refractivity contribution in [3.8, 4) is 17.2 Å². The number of hydrogen-bond acceptors (Lipinski definition) is 7. The minimum atomic E-state index is -0.406. The zero-order chi connectivity index (χ0) is 27.8. The number of Topliss-reactive ketones (excluding diaryl/α,β-unsaturated/α-hetero) is 1. The van der Waals surface area contributed by atoms with Crippen LogP contribution in [0.3, 0.4) is 0 Å². The monoisotopic (exact) mass is 637 g/mol. The maximum Gasteiger partial charge on any atom is 0.353 e. The molecule has 228 valence electrons. The van der Waals surface area contributed by atoms with Gasteiger partial charge in [-0.15, -0.1) is 11.3 Å². The van der Waals surface area contributed by atoms with Gasteiger partial charge in [0.2, 0.25) is 0 Å². The molecule has 0 amide bonds. The molecule has 10 heteroatoms. The van der Waals surface area contributed by atoms with Crippen LogP contribution in [0.2, 0.25) is 0 Å². The molecule has 3 heterocycles. The van der Waals surface area contributed by atoms with Gasteiger partial charge in [0.25, 0.3) is 0 Å². The highest BCUT2D eigenvalue weighted by atomic mass is 32.1. The molecule has 0 atom stereocenters. The van der Waals surface area contributed by atoms with E-state index in [1.807, 2.05) is 61.5 Å².